The zero-order valence-corrected chi connectivity index (χ0v) is 10.6. The summed E-state index contributed by atoms with van der Waals surface area (Å²) in [4.78, 5) is 22.2. The number of hydrogen-bond donors (Lipinski definition) is 4. The molecule has 2 unspecified atom stereocenters. The Kier molecular flexibility index (Phi) is 5.39. The molecule has 0 heterocycles. The second-order valence-corrected chi connectivity index (χ2v) is 4.13. The molecule has 20 heavy (non-hydrogen) atoms. The quantitative estimate of drug-likeness (QED) is 0.637. The standard InChI is InChI=1S/C12H14F2N2O4/c1-6(17)10(11(18)19)16-12(20)15-5-7-2-3-8(13)9(14)4-7/h2-4,6,10,17H,5H2,1H3,(H,18,19)(H2,15,16,20). The van der Waals surface area contributed by atoms with Gasteiger partial charge in [0, 0.05) is 6.54 Å². The average molecular weight is 288 g/mol. The van der Waals surface area contributed by atoms with Crippen LogP contribution in [-0.2, 0) is 11.3 Å². The molecule has 110 valence electrons. The molecule has 0 saturated carbocycles. The van der Waals surface area contributed by atoms with Crippen LogP contribution in [0.4, 0.5) is 13.6 Å². The van der Waals surface area contributed by atoms with Gasteiger partial charge in [0.15, 0.2) is 17.7 Å². The number of urea groups is 1. The first-order valence-electron chi connectivity index (χ1n) is 5.70. The number of aliphatic hydroxyl groups excluding tert-OH is 1. The molecule has 0 saturated heterocycles. The Morgan fingerprint density at radius 3 is 2.45 bits per heavy atom. The summed E-state index contributed by atoms with van der Waals surface area (Å²) < 4.78 is 25.6. The first-order valence-corrected chi connectivity index (χ1v) is 5.70. The molecule has 0 bridgehead atoms. The summed E-state index contributed by atoms with van der Waals surface area (Å²) in [6.45, 7) is 1.10. The summed E-state index contributed by atoms with van der Waals surface area (Å²) in [5.74, 6) is -3.43. The number of amides is 2. The maximum absolute atomic E-state index is 12.9. The largest absolute Gasteiger partial charge is 0.480 e. The predicted octanol–water partition coefficient (Wildman–Crippen LogP) is 0.598. The van der Waals surface area contributed by atoms with E-state index in [0.29, 0.717) is 5.56 Å². The summed E-state index contributed by atoms with van der Waals surface area (Å²) in [7, 11) is 0. The van der Waals surface area contributed by atoms with Crippen LogP contribution in [0, 0.1) is 11.6 Å². The molecule has 2 amide bonds. The van der Waals surface area contributed by atoms with Crippen LogP contribution in [0.1, 0.15) is 12.5 Å². The molecule has 0 aromatic heterocycles. The number of carboxylic acids is 1. The van der Waals surface area contributed by atoms with Gasteiger partial charge in [-0.15, -0.1) is 0 Å². The molecule has 0 spiro atoms. The molecule has 1 aromatic carbocycles. The van der Waals surface area contributed by atoms with Gasteiger partial charge >= 0.3 is 12.0 Å². The maximum Gasteiger partial charge on any atom is 0.328 e. The van der Waals surface area contributed by atoms with Gasteiger partial charge in [-0.3, -0.25) is 0 Å². The molecule has 8 heteroatoms. The Morgan fingerprint density at radius 2 is 1.95 bits per heavy atom. The number of halogens is 2. The van der Waals surface area contributed by atoms with Crippen LogP contribution in [0.5, 0.6) is 0 Å². The number of nitrogens with one attached hydrogen (secondary N) is 2. The van der Waals surface area contributed by atoms with Gasteiger partial charge in [-0.2, -0.15) is 0 Å². The van der Waals surface area contributed by atoms with Crippen molar-refractivity contribution in [3.8, 4) is 0 Å². The zero-order chi connectivity index (χ0) is 15.3. The number of carbonyl (C=O) groups is 2. The number of aliphatic hydroxyl groups is 1. The minimum absolute atomic E-state index is 0.116. The third-order valence-electron chi connectivity index (χ3n) is 2.47. The number of carboxylic acid groups (broad SMARTS) is 1. The number of rotatable bonds is 5. The number of carbonyl (C=O) groups excluding carboxylic acids is 1. The van der Waals surface area contributed by atoms with E-state index in [4.69, 9.17) is 10.2 Å². The molecule has 1 aromatic rings. The van der Waals surface area contributed by atoms with E-state index >= 15 is 0 Å². The highest BCUT2D eigenvalue weighted by Gasteiger charge is 2.24. The van der Waals surface area contributed by atoms with Gasteiger partial charge in [0.05, 0.1) is 6.10 Å². The van der Waals surface area contributed by atoms with Gasteiger partial charge in [0.2, 0.25) is 0 Å². The first-order chi connectivity index (χ1) is 9.31. The SMILES string of the molecule is CC(O)C(NC(=O)NCc1ccc(F)c(F)c1)C(=O)O. The van der Waals surface area contributed by atoms with Crippen LogP contribution < -0.4 is 10.6 Å². The lowest BCUT2D eigenvalue weighted by Crippen LogP contribution is -2.50. The second kappa shape index (κ2) is 6.80. The maximum atomic E-state index is 12.9. The van der Waals surface area contributed by atoms with Crippen molar-refractivity contribution in [2.45, 2.75) is 25.6 Å². The van der Waals surface area contributed by atoms with Gasteiger partial charge in [0.25, 0.3) is 0 Å². The molecule has 2 atom stereocenters. The molecule has 0 aliphatic carbocycles. The number of hydrogen-bond acceptors (Lipinski definition) is 3. The van der Waals surface area contributed by atoms with E-state index in [1.54, 1.807) is 0 Å². The molecule has 0 aliphatic heterocycles. The molecule has 4 N–H and O–H groups in total. The Balaban J connectivity index is 2.54. The van der Waals surface area contributed by atoms with Gasteiger partial charge in [0.1, 0.15) is 0 Å². The minimum atomic E-state index is -1.46. The van der Waals surface area contributed by atoms with E-state index < -0.39 is 35.8 Å². The number of benzene rings is 1. The average Bonchev–Trinajstić information content (AvgIpc) is 2.36. The van der Waals surface area contributed by atoms with E-state index in [1.807, 2.05) is 5.32 Å². The topological polar surface area (TPSA) is 98.7 Å². The lowest BCUT2D eigenvalue weighted by molar-refractivity contribution is -0.141. The Hall–Kier alpha value is -2.22. The fourth-order valence-electron chi connectivity index (χ4n) is 1.41. The van der Waals surface area contributed by atoms with Crippen LogP contribution >= 0.6 is 0 Å². The zero-order valence-electron chi connectivity index (χ0n) is 10.6. The van der Waals surface area contributed by atoms with Crippen molar-refractivity contribution >= 4 is 12.0 Å². The normalized spacial score (nSPS) is 13.4. The van der Waals surface area contributed by atoms with Crippen LogP contribution in [0.3, 0.4) is 0 Å². The smallest absolute Gasteiger partial charge is 0.328 e. The van der Waals surface area contributed by atoms with Crippen molar-refractivity contribution in [2.24, 2.45) is 0 Å². The van der Waals surface area contributed by atoms with E-state index in [-0.39, 0.29) is 6.54 Å². The van der Waals surface area contributed by atoms with Gasteiger partial charge in [-0.05, 0) is 24.6 Å². The highest BCUT2D eigenvalue weighted by atomic mass is 19.2. The first kappa shape index (κ1) is 15.8. The van der Waals surface area contributed by atoms with Crippen molar-refractivity contribution in [3.05, 3.63) is 35.4 Å². The van der Waals surface area contributed by atoms with Gasteiger partial charge in [-0.1, -0.05) is 6.07 Å². The van der Waals surface area contributed by atoms with E-state index in [1.165, 1.54) is 13.0 Å². The molecule has 0 fully saturated rings. The molecule has 0 aliphatic rings. The van der Waals surface area contributed by atoms with Crippen molar-refractivity contribution in [3.63, 3.8) is 0 Å². The fraction of sp³-hybridized carbons (Fsp3) is 0.333. The van der Waals surface area contributed by atoms with Crippen LogP contribution in [0.25, 0.3) is 0 Å². The highest BCUT2D eigenvalue weighted by Crippen LogP contribution is 2.08. The highest BCUT2D eigenvalue weighted by molar-refractivity contribution is 5.82. The fourth-order valence-corrected chi connectivity index (χ4v) is 1.41. The Morgan fingerprint density at radius 1 is 1.30 bits per heavy atom. The molecular weight excluding hydrogens is 274 g/mol. The third kappa shape index (κ3) is 4.47. The molecule has 0 radical (unpaired) electrons. The van der Waals surface area contributed by atoms with Crippen LogP contribution in [0.2, 0.25) is 0 Å². The molecule has 1 rings (SSSR count). The van der Waals surface area contributed by atoms with Crippen LogP contribution in [0.15, 0.2) is 18.2 Å². The summed E-state index contributed by atoms with van der Waals surface area (Å²) in [6.07, 6.45) is -1.28. The van der Waals surface area contributed by atoms with Crippen molar-refractivity contribution in [2.75, 3.05) is 0 Å². The monoisotopic (exact) mass is 288 g/mol. The second-order valence-electron chi connectivity index (χ2n) is 4.13. The summed E-state index contributed by atoms with van der Waals surface area (Å²) >= 11 is 0. The van der Waals surface area contributed by atoms with Crippen molar-refractivity contribution < 1.29 is 28.6 Å². The minimum Gasteiger partial charge on any atom is -0.480 e. The third-order valence-corrected chi connectivity index (χ3v) is 2.47. The molecule has 6 nitrogen and oxygen atoms in total. The van der Waals surface area contributed by atoms with Gasteiger partial charge in [-0.25, -0.2) is 18.4 Å². The summed E-state index contributed by atoms with van der Waals surface area (Å²) in [6, 6.07) is 0.809. The van der Waals surface area contributed by atoms with E-state index in [2.05, 4.69) is 5.32 Å². The Bertz CT molecular complexity index is 508. The summed E-state index contributed by atoms with van der Waals surface area (Å²) in [5, 5.41) is 22.2. The predicted molar refractivity (Wildman–Crippen MR) is 64.8 cm³/mol. The lowest BCUT2D eigenvalue weighted by Gasteiger charge is -2.17. The molecular formula is C12H14F2N2O4. The van der Waals surface area contributed by atoms with E-state index in [9.17, 15) is 18.4 Å². The van der Waals surface area contributed by atoms with Crippen LogP contribution in [-0.4, -0.2) is 34.4 Å². The van der Waals surface area contributed by atoms with Crippen molar-refractivity contribution in [1.29, 1.82) is 0 Å². The van der Waals surface area contributed by atoms with E-state index in [0.717, 1.165) is 12.1 Å². The van der Waals surface area contributed by atoms with Gasteiger partial charge < -0.3 is 20.8 Å². The van der Waals surface area contributed by atoms with Crippen molar-refractivity contribution in [1.82, 2.24) is 10.6 Å². The number of aliphatic carboxylic acids is 1. The lowest BCUT2D eigenvalue weighted by atomic mass is 10.2. The summed E-state index contributed by atoms with van der Waals surface area (Å²) in [5.41, 5.74) is 0.308. The Labute approximate surface area is 113 Å².